The van der Waals surface area contributed by atoms with Crippen molar-refractivity contribution in [3.8, 4) is 5.69 Å². The molecule has 3 aromatic rings. The first kappa shape index (κ1) is 16.6. The smallest absolute Gasteiger partial charge is 0.305 e. The standard InChI is InChI=1S/C16H12F3N5O/c1-10-20-7-5-14(21-10)22-15(25)13-6-8-24(23-13)12-4-2-3-11(9-12)16(17,18)19/h2-9H,1H3,(H,20,21,22,25). The summed E-state index contributed by atoms with van der Waals surface area (Å²) >= 11 is 0. The van der Waals surface area contributed by atoms with E-state index >= 15 is 0 Å². The number of carbonyl (C=O) groups excluding carboxylic acids is 1. The van der Waals surface area contributed by atoms with Crippen LogP contribution in [0, 0.1) is 6.92 Å². The van der Waals surface area contributed by atoms with Gasteiger partial charge in [0.2, 0.25) is 0 Å². The number of alkyl halides is 3. The van der Waals surface area contributed by atoms with Gasteiger partial charge in [-0.1, -0.05) is 6.07 Å². The molecule has 25 heavy (non-hydrogen) atoms. The van der Waals surface area contributed by atoms with Crippen LogP contribution >= 0.6 is 0 Å². The second-order valence-corrected chi connectivity index (χ2v) is 5.14. The van der Waals surface area contributed by atoms with Crippen LogP contribution in [0.2, 0.25) is 0 Å². The molecular weight excluding hydrogens is 335 g/mol. The van der Waals surface area contributed by atoms with E-state index in [1.165, 1.54) is 41.3 Å². The molecule has 2 heterocycles. The molecule has 9 heteroatoms. The molecule has 1 aromatic carbocycles. The zero-order chi connectivity index (χ0) is 18.0. The number of anilines is 1. The Hall–Kier alpha value is -3.23. The van der Waals surface area contributed by atoms with Crippen LogP contribution < -0.4 is 5.32 Å². The minimum absolute atomic E-state index is 0.0497. The molecule has 128 valence electrons. The van der Waals surface area contributed by atoms with Gasteiger partial charge < -0.3 is 5.32 Å². The van der Waals surface area contributed by atoms with E-state index in [-0.39, 0.29) is 11.4 Å². The number of rotatable bonds is 3. The summed E-state index contributed by atoms with van der Waals surface area (Å²) in [5, 5.41) is 6.57. The molecule has 0 unspecified atom stereocenters. The maximum absolute atomic E-state index is 12.8. The van der Waals surface area contributed by atoms with Crippen molar-refractivity contribution in [1.29, 1.82) is 0 Å². The van der Waals surface area contributed by atoms with Crippen molar-refractivity contribution in [2.24, 2.45) is 0 Å². The number of hydrogen-bond donors (Lipinski definition) is 1. The summed E-state index contributed by atoms with van der Waals surface area (Å²) in [4.78, 5) is 20.1. The highest BCUT2D eigenvalue weighted by molar-refractivity contribution is 6.02. The third kappa shape index (κ3) is 3.82. The second-order valence-electron chi connectivity index (χ2n) is 5.14. The molecule has 0 bridgehead atoms. The van der Waals surface area contributed by atoms with E-state index < -0.39 is 17.6 Å². The Morgan fingerprint density at radius 1 is 1.20 bits per heavy atom. The SMILES string of the molecule is Cc1nccc(NC(=O)c2ccn(-c3cccc(C(F)(F)F)c3)n2)n1. The predicted octanol–water partition coefficient (Wildman–Crippen LogP) is 3.24. The number of benzene rings is 1. The van der Waals surface area contributed by atoms with Crippen LogP contribution in [-0.4, -0.2) is 25.7 Å². The molecule has 0 atom stereocenters. The third-order valence-electron chi connectivity index (χ3n) is 3.28. The quantitative estimate of drug-likeness (QED) is 0.789. The Balaban J connectivity index is 1.82. The van der Waals surface area contributed by atoms with Gasteiger partial charge in [0.05, 0.1) is 11.3 Å². The first-order chi connectivity index (χ1) is 11.8. The van der Waals surface area contributed by atoms with Gasteiger partial charge in [0.25, 0.3) is 5.91 Å². The van der Waals surface area contributed by atoms with Crippen molar-refractivity contribution in [3.63, 3.8) is 0 Å². The van der Waals surface area contributed by atoms with Crippen molar-refractivity contribution < 1.29 is 18.0 Å². The average Bonchev–Trinajstić information content (AvgIpc) is 3.04. The number of carbonyl (C=O) groups is 1. The van der Waals surface area contributed by atoms with Crippen LogP contribution in [0.3, 0.4) is 0 Å². The molecule has 6 nitrogen and oxygen atoms in total. The molecule has 1 N–H and O–H groups in total. The molecule has 0 aliphatic carbocycles. The lowest BCUT2D eigenvalue weighted by Crippen LogP contribution is -2.14. The Bertz CT molecular complexity index is 920. The molecule has 0 saturated carbocycles. The van der Waals surface area contributed by atoms with E-state index in [2.05, 4.69) is 20.4 Å². The first-order valence-electron chi connectivity index (χ1n) is 7.17. The van der Waals surface area contributed by atoms with Gasteiger partial charge in [-0.25, -0.2) is 14.6 Å². The summed E-state index contributed by atoms with van der Waals surface area (Å²) < 4.78 is 39.6. The van der Waals surface area contributed by atoms with Gasteiger partial charge in [0.15, 0.2) is 5.69 Å². The number of amides is 1. The molecule has 0 aliphatic heterocycles. The molecule has 3 rings (SSSR count). The van der Waals surface area contributed by atoms with Crippen LogP contribution in [0.1, 0.15) is 21.9 Å². The second kappa shape index (κ2) is 6.34. The fourth-order valence-corrected chi connectivity index (χ4v) is 2.12. The van der Waals surface area contributed by atoms with Gasteiger partial charge in [-0.3, -0.25) is 4.79 Å². The average molecular weight is 347 g/mol. The van der Waals surface area contributed by atoms with Crippen molar-refractivity contribution in [1.82, 2.24) is 19.7 Å². The first-order valence-corrected chi connectivity index (χ1v) is 7.17. The molecule has 1 amide bonds. The maximum atomic E-state index is 12.8. The Morgan fingerprint density at radius 2 is 2.00 bits per heavy atom. The molecule has 2 aromatic heterocycles. The van der Waals surface area contributed by atoms with Crippen molar-refractivity contribution >= 4 is 11.7 Å². The number of hydrogen-bond acceptors (Lipinski definition) is 4. The van der Waals surface area contributed by atoms with Gasteiger partial charge >= 0.3 is 6.18 Å². The molecular formula is C16H12F3N5O. The Kier molecular flexibility index (Phi) is 4.22. The van der Waals surface area contributed by atoms with E-state index in [4.69, 9.17) is 0 Å². The van der Waals surface area contributed by atoms with E-state index in [0.29, 0.717) is 11.6 Å². The van der Waals surface area contributed by atoms with Gasteiger partial charge in [-0.15, -0.1) is 0 Å². The van der Waals surface area contributed by atoms with Crippen molar-refractivity contribution in [2.45, 2.75) is 13.1 Å². The lowest BCUT2D eigenvalue weighted by Gasteiger charge is -2.08. The fraction of sp³-hybridized carbons (Fsp3) is 0.125. The van der Waals surface area contributed by atoms with Gasteiger partial charge in [-0.05, 0) is 37.3 Å². The number of halogens is 3. The zero-order valence-electron chi connectivity index (χ0n) is 12.9. The molecule has 0 aliphatic rings. The number of aromatic nitrogens is 4. The summed E-state index contributed by atoms with van der Waals surface area (Å²) in [6.07, 6.45) is -1.54. The van der Waals surface area contributed by atoms with Crippen LogP contribution in [-0.2, 0) is 6.18 Å². The summed E-state index contributed by atoms with van der Waals surface area (Å²) in [6, 6.07) is 7.61. The molecule has 0 fully saturated rings. The summed E-state index contributed by atoms with van der Waals surface area (Å²) in [5.41, 5.74) is -0.539. The highest BCUT2D eigenvalue weighted by atomic mass is 19.4. The predicted molar refractivity (Wildman–Crippen MR) is 83.3 cm³/mol. The van der Waals surface area contributed by atoms with Crippen LogP contribution in [0.5, 0.6) is 0 Å². The Morgan fingerprint density at radius 3 is 2.72 bits per heavy atom. The van der Waals surface area contributed by atoms with Crippen LogP contribution in [0.25, 0.3) is 5.69 Å². The van der Waals surface area contributed by atoms with Crippen molar-refractivity contribution in [3.05, 3.63) is 65.9 Å². The van der Waals surface area contributed by atoms with Gasteiger partial charge in [0, 0.05) is 12.4 Å². The minimum atomic E-state index is -4.45. The third-order valence-corrected chi connectivity index (χ3v) is 3.28. The molecule has 0 radical (unpaired) electrons. The normalized spacial score (nSPS) is 11.4. The van der Waals surface area contributed by atoms with E-state index in [9.17, 15) is 18.0 Å². The number of nitrogens with zero attached hydrogens (tertiary/aromatic N) is 4. The topological polar surface area (TPSA) is 72.7 Å². The lowest BCUT2D eigenvalue weighted by atomic mass is 10.2. The van der Waals surface area contributed by atoms with Crippen LogP contribution in [0.15, 0.2) is 48.8 Å². The summed E-state index contributed by atoms with van der Waals surface area (Å²) in [5.74, 6) is 0.280. The van der Waals surface area contributed by atoms with E-state index in [1.54, 1.807) is 6.92 Å². The van der Waals surface area contributed by atoms with E-state index in [1.807, 2.05) is 0 Å². The highest BCUT2D eigenvalue weighted by Crippen LogP contribution is 2.30. The monoisotopic (exact) mass is 347 g/mol. The fourth-order valence-electron chi connectivity index (χ4n) is 2.12. The lowest BCUT2D eigenvalue weighted by molar-refractivity contribution is -0.137. The zero-order valence-corrected chi connectivity index (χ0v) is 12.9. The molecule has 0 spiro atoms. The largest absolute Gasteiger partial charge is 0.416 e. The van der Waals surface area contributed by atoms with Gasteiger partial charge in [-0.2, -0.15) is 18.3 Å². The Labute approximate surface area is 140 Å². The summed E-state index contributed by atoms with van der Waals surface area (Å²) in [6.45, 7) is 1.68. The molecule has 0 saturated heterocycles. The van der Waals surface area contributed by atoms with Crippen molar-refractivity contribution in [2.75, 3.05) is 5.32 Å². The highest BCUT2D eigenvalue weighted by Gasteiger charge is 2.30. The maximum Gasteiger partial charge on any atom is 0.416 e. The minimum Gasteiger partial charge on any atom is -0.305 e. The number of aryl methyl sites for hydroxylation is 1. The van der Waals surface area contributed by atoms with E-state index in [0.717, 1.165) is 12.1 Å². The van der Waals surface area contributed by atoms with Crippen LogP contribution in [0.4, 0.5) is 19.0 Å². The number of nitrogens with one attached hydrogen (secondary N) is 1. The van der Waals surface area contributed by atoms with Gasteiger partial charge in [0.1, 0.15) is 11.6 Å². The summed E-state index contributed by atoms with van der Waals surface area (Å²) in [7, 11) is 0.